The first-order valence-electron chi connectivity index (χ1n) is 12.9. The van der Waals surface area contributed by atoms with Gasteiger partial charge in [-0.05, 0) is 85.2 Å². The predicted octanol–water partition coefficient (Wildman–Crippen LogP) is 5.04. The van der Waals surface area contributed by atoms with E-state index in [9.17, 15) is 9.90 Å². The fourth-order valence-corrected chi connectivity index (χ4v) is 8.65. The Morgan fingerprint density at radius 3 is 2.55 bits per heavy atom. The second-order valence-electron chi connectivity index (χ2n) is 11.9. The Balaban J connectivity index is 1.46. The molecule has 1 aromatic rings. The summed E-state index contributed by atoms with van der Waals surface area (Å²) in [6.07, 6.45) is 6.96. The van der Waals surface area contributed by atoms with Crippen LogP contribution in [0.3, 0.4) is 0 Å². The van der Waals surface area contributed by atoms with Crippen LogP contribution in [0.15, 0.2) is 18.2 Å². The average molecular weight is 456 g/mol. The molecule has 3 saturated carbocycles. The van der Waals surface area contributed by atoms with Gasteiger partial charge in [-0.3, -0.25) is 4.79 Å². The van der Waals surface area contributed by atoms with Crippen LogP contribution in [0.5, 0.6) is 11.5 Å². The number of aliphatic hydroxyl groups excluding tert-OH is 1. The fourth-order valence-electron chi connectivity index (χ4n) is 8.65. The van der Waals surface area contributed by atoms with E-state index < -0.39 is 0 Å². The fraction of sp³-hybridized carbons (Fsp3) is 0.750. The molecule has 0 bridgehead atoms. The van der Waals surface area contributed by atoms with Gasteiger partial charge in [0.15, 0.2) is 0 Å². The van der Waals surface area contributed by atoms with Gasteiger partial charge >= 0.3 is 0 Å². The van der Waals surface area contributed by atoms with E-state index >= 15 is 0 Å². The number of carbonyl (C=O) groups is 1. The number of likely N-dealkylation sites (tertiary alicyclic amines) is 1. The summed E-state index contributed by atoms with van der Waals surface area (Å²) in [5.41, 5.74) is 1.26. The molecule has 0 spiro atoms. The lowest BCUT2D eigenvalue weighted by molar-refractivity contribution is -0.173. The Kier molecular flexibility index (Phi) is 5.70. The largest absolute Gasteiger partial charge is 0.497 e. The van der Waals surface area contributed by atoms with Crippen LogP contribution in [-0.2, 0) is 11.3 Å². The van der Waals surface area contributed by atoms with Crippen molar-refractivity contribution in [2.45, 2.75) is 84.4 Å². The number of amides is 1. The van der Waals surface area contributed by atoms with Gasteiger partial charge in [0.2, 0.25) is 5.91 Å². The summed E-state index contributed by atoms with van der Waals surface area (Å²) in [6.45, 7) is 7.83. The van der Waals surface area contributed by atoms with Crippen molar-refractivity contribution in [1.82, 2.24) is 4.90 Å². The van der Waals surface area contributed by atoms with E-state index in [-0.39, 0.29) is 28.9 Å². The Morgan fingerprint density at radius 1 is 1.06 bits per heavy atom. The Morgan fingerprint density at radius 2 is 1.82 bits per heavy atom. The summed E-state index contributed by atoms with van der Waals surface area (Å²) in [6, 6.07) is 6.17. The third kappa shape index (κ3) is 3.40. The summed E-state index contributed by atoms with van der Waals surface area (Å²) in [5.74, 6) is 4.29. The number of benzene rings is 1. The van der Waals surface area contributed by atoms with Crippen LogP contribution >= 0.6 is 0 Å². The van der Waals surface area contributed by atoms with E-state index in [4.69, 9.17) is 9.47 Å². The molecule has 1 saturated heterocycles. The topological polar surface area (TPSA) is 59.0 Å². The first kappa shape index (κ1) is 23.0. The van der Waals surface area contributed by atoms with Crippen LogP contribution in [0, 0.1) is 34.5 Å². The number of fused-ring (bicyclic) bond motifs is 5. The number of hydrogen-bond donors (Lipinski definition) is 1. The second-order valence-corrected chi connectivity index (χ2v) is 11.9. The minimum absolute atomic E-state index is 0.0826. The van der Waals surface area contributed by atoms with Gasteiger partial charge in [0.25, 0.3) is 0 Å². The van der Waals surface area contributed by atoms with Crippen molar-refractivity contribution in [3.05, 3.63) is 23.8 Å². The van der Waals surface area contributed by atoms with E-state index in [0.29, 0.717) is 36.6 Å². The van der Waals surface area contributed by atoms with Gasteiger partial charge in [-0.2, -0.15) is 0 Å². The van der Waals surface area contributed by atoms with Gasteiger partial charge in [0, 0.05) is 30.6 Å². The van der Waals surface area contributed by atoms with Crippen molar-refractivity contribution < 1.29 is 19.4 Å². The maximum Gasteiger partial charge on any atom is 0.223 e. The first-order valence-corrected chi connectivity index (χ1v) is 12.9. The summed E-state index contributed by atoms with van der Waals surface area (Å²) >= 11 is 0. The number of hydrogen-bond acceptors (Lipinski definition) is 4. The number of piperidine rings is 1. The molecule has 0 radical (unpaired) electrons. The Hall–Kier alpha value is -1.75. The Bertz CT molecular complexity index is 917. The zero-order valence-corrected chi connectivity index (χ0v) is 21.0. The molecule has 4 aliphatic rings. The molecule has 4 fully saturated rings. The molecule has 1 heterocycles. The summed E-state index contributed by atoms with van der Waals surface area (Å²) in [7, 11) is 3.34. The van der Waals surface area contributed by atoms with Crippen LogP contribution in [0.1, 0.15) is 71.3 Å². The first-order chi connectivity index (χ1) is 15.7. The van der Waals surface area contributed by atoms with Crippen LogP contribution < -0.4 is 9.47 Å². The van der Waals surface area contributed by atoms with Gasteiger partial charge in [0.05, 0.1) is 20.3 Å². The smallest absolute Gasteiger partial charge is 0.223 e. The molecule has 33 heavy (non-hydrogen) atoms. The van der Waals surface area contributed by atoms with E-state index in [1.165, 1.54) is 6.42 Å². The third-order valence-electron chi connectivity index (χ3n) is 10.6. The normalized spacial score (nSPS) is 42.4. The van der Waals surface area contributed by atoms with Crippen LogP contribution in [0.4, 0.5) is 0 Å². The molecule has 0 aromatic heterocycles. The van der Waals surface area contributed by atoms with Gasteiger partial charge in [-0.25, -0.2) is 0 Å². The van der Waals surface area contributed by atoms with Gasteiger partial charge < -0.3 is 19.5 Å². The highest BCUT2D eigenvalue weighted by Gasteiger charge is 2.63. The lowest BCUT2D eigenvalue weighted by Gasteiger charge is -2.63. The maximum absolute atomic E-state index is 13.3. The number of nitrogens with zero attached hydrogens (tertiary/aromatic N) is 1. The number of rotatable bonds is 4. The zero-order valence-electron chi connectivity index (χ0n) is 21.0. The lowest BCUT2D eigenvalue weighted by Crippen LogP contribution is -2.64. The molecule has 5 rings (SSSR count). The van der Waals surface area contributed by atoms with Crippen molar-refractivity contribution in [1.29, 1.82) is 0 Å². The number of aliphatic hydroxyl groups is 1. The standard InChI is InChI=1S/C28H41NO4/c1-17-14-23-27(2,21-10-12-28(3)20(26(17)21)8-9-24(28)30)13-11-25(31)29(23)16-18-6-7-19(32-4)15-22(18)33-5/h6-7,15,17,20-21,23-24,26,30H,8-14,16H2,1-5H3/t17-,20?,21?,23+,24-,26?,27+,28-/m0/s1. The SMILES string of the molecule is COc1ccc(CN2C(=O)CC[C@]3(C)C4CC[C@@]5(C)C(CC[C@@H]5O)C4[C@@H](C)C[C@@H]23)c(OC)c1. The molecule has 1 N–H and O–H groups in total. The average Bonchev–Trinajstić information content (AvgIpc) is 3.11. The van der Waals surface area contributed by atoms with E-state index in [0.717, 1.165) is 49.2 Å². The summed E-state index contributed by atoms with van der Waals surface area (Å²) in [4.78, 5) is 15.5. The lowest BCUT2D eigenvalue weighted by atomic mass is 9.45. The monoisotopic (exact) mass is 455 g/mol. The maximum atomic E-state index is 13.3. The van der Waals surface area contributed by atoms with Crippen LogP contribution in [-0.4, -0.2) is 42.3 Å². The molecular weight excluding hydrogens is 414 g/mol. The van der Waals surface area contributed by atoms with Gasteiger partial charge in [0.1, 0.15) is 11.5 Å². The number of methoxy groups -OCH3 is 2. The molecule has 3 aliphatic carbocycles. The minimum atomic E-state index is -0.145. The predicted molar refractivity (Wildman–Crippen MR) is 128 cm³/mol. The molecule has 3 unspecified atom stereocenters. The molecule has 1 aliphatic heterocycles. The van der Waals surface area contributed by atoms with Crippen molar-refractivity contribution in [2.24, 2.45) is 34.5 Å². The van der Waals surface area contributed by atoms with Crippen molar-refractivity contribution >= 4 is 5.91 Å². The molecule has 182 valence electrons. The highest BCUT2D eigenvalue weighted by molar-refractivity contribution is 5.78. The zero-order chi connectivity index (χ0) is 23.5. The minimum Gasteiger partial charge on any atom is -0.497 e. The van der Waals surface area contributed by atoms with E-state index in [2.05, 4.69) is 25.7 Å². The summed E-state index contributed by atoms with van der Waals surface area (Å²) < 4.78 is 11.0. The number of carbonyl (C=O) groups excluding carboxylic acids is 1. The highest BCUT2D eigenvalue weighted by atomic mass is 16.5. The van der Waals surface area contributed by atoms with Crippen molar-refractivity contribution in [3.63, 3.8) is 0 Å². The van der Waals surface area contributed by atoms with E-state index in [1.807, 2.05) is 18.2 Å². The Labute approximate surface area is 198 Å². The highest BCUT2D eigenvalue weighted by Crippen LogP contribution is 2.66. The van der Waals surface area contributed by atoms with Crippen molar-refractivity contribution in [3.8, 4) is 11.5 Å². The van der Waals surface area contributed by atoms with Crippen molar-refractivity contribution in [2.75, 3.05) is 14.2 Å². The molecule has 1 amide bonds. The molecule has 5 heteroatoms. The molecule has 1 aromatic carbocycles. The quantitative estimate of drug-likeness (QED) is 0.691. The number of ether oxygens (including phenoxy) is 2. The molecule has 8 atom stereocenters. The van der Waals surface area contributed by atoms with E-state index in [1.54, 1.807) is 14.2 Å². The second kappa shape index (κ2) is 8.18. The van der Waals surface area contributed by atoms with Gasteiger partial charge in [-0.1, -0.05) is 20.8 Å². The summed E-state index contributed by atoms with van der Waals surface area (Å²) in [5, 5.41) is 10.8. The third-order valence-corrected chi connectivity index (χ3v) is 10.6. The van der Waals surface area contributed by atoms with Gasteiger partial charge in [-0.15, -0.1) is 0 Å². The van der Waals surface area contributed by atoms with Crippen LogP contribution in [0.2, 0.25) is 0 Å². The molecular formula is C28H41NO4. The van der Waals surface area contributed by atoms with Crippen LogP contribution in [0.25, 0.3) is 0 Å². The molecule has 5 nitrogen and oxygen atoms in total.